The first-order valence-electron chi connectivity index (χ1n) is 9.04. The maximum Gasteiger partial charge on any atom is 0.141 e. The number of fused-ring (bicyclic) bond motifs is 1. The molecule has 4 nitrogen and oxygen atoms in total. The summed E-state index contributed by atoms with van der Waals surface area (Å²) in [5, 5.41) is 4.40. The molecule has 0 amide bonds. The summed E-state index contributed by atoms with van der Waals surface area (Å²) in [5.74, 6) is 0.802. The number of hydrogen-bond donors (Lipinski definition) is 1. The van der Waals surface area contributed by atoms with Crippen molar-refractivity contribution in [3.63, 3.8) is 0 Å². The van der Waals surface area contributed by atoms with Crippen molar-refractivity contribution in [3.05, 3.63) is 78.8 Å². The molecule has 0 atom stereocenters. The summed E-state index contributed by atoms with van der Waals surface area (Å²) in [6.45, 7) is 6.64. The molecule has 1 N–H and O–H groups in total. The van der Waals surface area contributed by atoms with E-state index >= 15 is 0 Å². The van der Waals surface area contributed by atoms with E-state index in [1.54, 1.807) is 12.5 Å². The average molecular weight is 354 g/mol. The number of rotatable bonds is 3. The van der Waals surface area contributed by atoms with Crippen molar-refractivity contribution in [2.45, 2.75) is 26.2 Å². The number of pyridine rings is 1. The van der Waals surface area contributed by atoms with Crippen LogP contribution in [0.25, 0.3) is 22.2 Å². The standard InChI is InChI=1S/C23H22N4/c1-23(2,3)17-8-10-18(11-9-17)27-22-19-12-7-16(14-21(19)25-15-26-22)20-6-4-5-13-24-20/h4-15H,1-3H3,(H,25,26,27). The van der Waals surface area contributed by atoms with Gasteiger partial charge >= 0.3 is 0 Å². The monoisotopic (exact) mass is 354 g/mol. The van der Waals surface area contributed by atoms with Gasteiger partial charge in [0.15, 0.2) is 0 Å². The van der Waals surface area contributed by atoms with Crippen LogP contribution in [0, 0.1) is 0 Å². The van der Waals surface area contributed by atoms with Crippen LogP contribution in [0.15, 0.2) is 73.2 Å². The lowest BCUT2D eigenvalue weighted by Gasteiger charge is -2.19. The Hall–Kier alpha value is -3.27. The largest absolute Gasteiger partial charge is 0.340 e. The summed E-state index contributed by atoms with van der Waals surface area (Å²) < 4.78 is 0. The molecular weight excluding hydrogens is 332 g/mol. The molecule has 2 aromatic heterocycles. The Labute approximate surface area is 159 Å². The van der Waals surface area contributed by atoms with Gasteiger partial charge in [0.05, 0.1) is 11.2 Å². The Morgan fingerprint density at radius 1 is 0.815 bits per heavy atom. The fraction of sp³-hybridized carbons (Fsp3) is 0.174. The molecule has 27 heavy (non-hydrogen) atoms. The fourth-order valence-corrected chi connectivity index (χ4v) is 3.04. The highest BCUT2D eigenvalue weighted by Gasteiger charge is 2.13. The third-order valence-electron chi connectivity index (χ3n) is 4.61. The van der Waals surface area contributed by atoms with Crippen molar-refractivity contribution in [2.24, 2.45) is 0 Å². The van der Waals surface area contributed by atoms with Gasteiger partial charge in [-0.15, -0.1) is 0 Å². The molecule has 0 bridgehead atoms. The number of hydrogen-bond acceptors (Lipinski definition) is 4. The third kappa shape index (κ3) is 3.65. The molecule has 0 spiro atoms. The molecule has 2 heterocycles. The van der Waals surface area contributed by atoms with E-state index in [0.717, 1.165) is 33.7 Å². The van der Waals surface area contributed by atoms with Gasteiger partial charge in [-0.2, -0.15) is 0 Å². The van der Waals surface area contributed by atoms with E-state index in [1.807, 2.05) is 30.3 Å². The summed E-state index contributed by atoms with van der Waals surface area (Å²) in [7, 11) is 0. The lowest BCUT2D eigenvalue weighted by Crippen LogP contribution is -2.10. The molecule has 0 unspecified atom stereocenters. The molecule has 0 aliphatic carbocycles. The van der Waals surface area contributed by atoms with Gasteiger partial charge in [0, 0.05) is 22.8 Å². The second kappa shape index (κ2) is 6.80. The van der Waals surface area contributed by atoms with Crippen molar-refractivity contribution in [1.82, 2.24) is 15.0 Å². The van der Waals surface area contributed by atoms with E-state index in [-0.39, 0.29) is 5.41 Å². The Balaban J connectivity index is 1.66. The highest BCUT2D eigenvalue weighted by atomic mass is 15.0. The average Bonchev–Trinajstić information content (AvgIpc) is 2.68. The minimum atomic E-state index is 0.141. The minimum Gasteiger partial charge on any atom is -0.340 e. The first-order chi connectivity index (χ1) is 13.0. The highest BCUT2D eigenvalue weighted by Crippen LogP contribution is 2.28. The van der Waals surface area contributed by atoms with Crippen LogP contribution in [0.1, 0.15) is 26.3 Å². The van der Waals surface area contributed by atoms with Crippen molar-refractivity contribution in [3.8, 4) is 11.3 Å². The Bertz CT molecular complexity index is 1060. The van der Waals surface area contributed by atoms with E-state index in [1.165, 1.54) is 5.56 Å². The normalized spacial score (nSPS) is 11.5. The molecular formula is C23H22N4. The van der Waals surface area contributed by atoms with Gasteiger partial charge in [0.25, 0.3) is 0 Å². The smallest absolute Gasteiger partial charge is 0.141 e. The summed E-state index contributed by atoms with van der Waals surface area (Å²) in [5.41, 5.74) is 5.33. The van der Waals surface area contributed by atoms with Crippen LogP contribution in [-0.2, 0) is 5.41 Å². The Morgan fingerprint density at radius 2 is 1.63 bits per heavy atom. The predicted octanol–water partition coefficient (Wildman–Crippen LogP) is 5.73. The zero-order valence-corrected chi connectivity index (χ0v) is 15.8. The number of nitrogens with zero attached hydrogens (tertiary/aromatic N) is 3. The molecule has 134 valence electrons. The van der Waals surface area contributed by atoms with Gasteiger partial charge in [-0.1, -0.05) is 45.0 Å². The van der Waals surface area contributed by atoms with Crippen LogP contribution in [0.2, 0.25) is 0 Å². The second-order valence-corrected chi connectivity index (χ2v) is 7.62. The molecule has 4 aromatic rings. The fourth-order valence-electron chi connectivity index (χ4n) is 3.04. The summed E-state index contributed by atoms with van der Waals surface area (Å²) >= 11 is 0. The van der Waals surface area contributed by atoms with Crippen LogP contribution in [-0.4, -0.2) is 15.0 Å². The van der Waals surface area contributed by atoms with Crippen molar-refractivity contribution in [2.75, 3.05) is 5.32 Å². The molecule has 0 saturated carbocycles. The van der Waals surface area contributed by atoms with Crippen LogP contribution < -0.4 is 5.32 Å². The first-order valence-corrected chi connectivity index (χ1v) is 9.04. The van der Waals surface area contributed by atoms with Gasteiger partial charge in [0.2, 0.25) is 0 Å². The predicted molar refractivity (Wildman–Crippen MR) is 111 cm³/mol. The van der Waals surface area contributed by atoms with E-state index in [4.69, 9.17) is 0 Å². The summed E-state index contributed by atoms with van der Waals surface area (Å²) in [6, 6.07) is 20.6. The maximum absolute atomic E-state index is 4.44. The number of anilines is 2. The molecule has 4 heteroatoms. The van der Waals surface area contributed by atoms with Gasteiger partial charge in [-0.25, -0.2) is 9.97 Å². The lowest BCUT2D eigenvalue weighted by atomic mass is 9.87. The van der Waals surface area contributed by atoms with Gasteiger partial charge in [0.1, 0.15) is 12.1 Å². The molecule has 0 aliphatic heterocycles. The topological polar surface area (TPSA) is 50.7 Å². The van der Waals surface area contributed by atoms with E-state index < -0.39 is 0 Å². The quantitative estimate of drug-likeness (QED) is 0.510. The summed E-state index contributed by atoms with van der Waals surface area (Å²) in [6.07, 6.45) is 3.39. The summed E-state index contributed by atoms with van der Waals surface area (Å²) in [4.78, 5) is 13.3. The van der Waals surface area contributed by atoms with Crippen LogP contribution in [0.3, 0.4) is 0 Å². The van der Waals surface area contributed by atoms with Crippen LogP contribution >= 0.6 is 0 Å². The molecule has 0 radical (unpaired) electrons. The highest BCUT2D eigenvalue weighted by molar-refractivity contribution is 5.93. The van der Waals surface area contributed by atoms with Gasteiger partial charge < -0.3 is 5.32 Å². The molecule has 0 saturated heterocycles. The third-order valence-corrected chi connectivity index (χ3v) is 4.61. The van der Waals surface area contributed by atoms with E-state index in [2.05, 4.69) is 71.4 Å². The van der Waals surface area contributed by atoms with Crippen molar-refractivity contribution in [1.29, 1.82) is 0 Å². The maximum atomic E-state index is 4.44. The minimum absolute atomic E-state index is 0.141. The van der Waals surface area contributed by atoms with Crippen LogP contribution in [0.4, 0.5) is 11.5 Å². The zero-order valence-electron chi connectivity index (χ0n) is 15.8. The Morgan fingerprint density at radius 3 is 2.33 bits per heavy atom. The molecule has 2 aromatic carbocycles. The molecule has 0 aliphatic rings. The SMILES string of the molecule is CC(C)(C)c1ccc(Nc2ncnc3cc(-c4ccccn4)ccc23)cc1. The Kier molecular flexibility index (Phi) is 4.32. The first kappa shape index (κ1) is 17.2. The zero-order chi connectivity index (χ0) is 18.9. The number of nitrogens with one attached hydrogen (secondary N) is 1. The van der Waals surface area contributed by atoms with Crippen LogP contribution in [0.5, 0.6) is 0 Å². The van der Waals surface area contributed by atoms with Gasteiger partial charge in [-0.05, 0) is 47.4 Å². The lowest BCUT2D eigenvalue weighted by molar-refractivity contribution is 0.590. The van der Waals surface area contributed by atoms with E-state index in [0.29, 0.717) is 0 Å². The van der Waals surface area contributed by atoms with Gasteiger partial charge in [-0.3, -0.25) is 4.98 Å². The number of benzene rings is 2. The van der Waals surface area contributed by atoms with Crippen molar-refractivity contribution >= 4 is 22.4 Å². The number of aromatic nitrogens is 3. The van der Waals surface area contributed by atoms with Crippen molar-refractivity contribution < 1.29 is 0 Å². The molecule has 0 fully saturated rings. The van der Waals surface area contributed by atoms with E-state index in [9.17, 15) is 0 Å². The second-order valence-electron chi connectivity index (χ2n) is 7.62. The molecule has 4 rings (SSSR count).